The van der Waals surface area contributed by atoms with Gasteiger partial charge < -0.3 is 9.47 Å². The second-order valence-electron chi connectivity index (χ2n) is 6.12. The van der Waals surface area contributed by atoms with Crippen molar-refractivity contribution in [1.82, 2.24) is 4.68 Å². The monoisotopic (exact) mass is 486 g/mol. The maximum absolute atomic E-state index is 11.5. The molecule has 0 amide bonds. The van der Waals surface area contributed by atoms with Crippen LogP contribution in [-0.2, 0) is 0 Å². The van der Waals surface area contributed by atoms with Crippen LogP contribution in [0.4, 0.5) is 5.69 Å². The fraction of sp³-hybridized carbons (Fsp3) is 0.100. The van der Waals surface area contributed by atoms with Crippen LogP contribution in [0.25, 0.3) is 11.3 Å². The summed E-state index contributed by atoms with van der Waals surface area (Å²) in [7, 11) is 0. The van der Waals surface area contributed by atoms with Gasteiger partial charge in [-0.1, -0.05) is 34.1 Å². The minimum Gasteiger partial charge on any atom is -0.454 e. The molecule has 0 N–H and O–H groups in total. The molecule has 4 rings (SSSR count). The van der Waals surface area contributed by atoms with Gasteiger partial charge in [-0.3, -0.25) is 15.1 Å². The van der Waals surface area contributed by atoms with Crippen molar-refractivity contribution in [3.63, 3.8) is 0 Å². The van der Waals surface area contributed by atoms with E-state index >= 15 is 0 Å². The molecule has 0 saturated heterocycles. The molecule has 2 heterocycles. The van der Waals surface area contributed by atoms with Gasteiger partial charge >= 0.3 is 0 Å². The number of aromatic nitrogens is 1. The molecule has 0 spiro atoms. The third-order valence-corrected chi connectivity index (χ3v) is 5.54. The molecular formula is C20H15BrN4O4S. The summed E-state index contributed by atoms with van der Waals surface area (Å²) < 4.78 is 13.2. The van der Waals surface area contributed by atoms with Crippen molar-refractivity contribution in [3.05, 3.63) is 79.4 Å². The number of halogens is 1. The van der Waals surface area contributed by atoms with Gasteiger partial charge in [0.05, 0.1) is 35.0 Å². The van der Waals surface area contributed by atoms with Crippen LogP contribution >= 0.6 is 27.3 Å². The first-order chi connectivity index (χ1) is 14.6. The van der Waals surface area contributed by atoms with Gasteiger partial charge in [-0.05, 0) is 18.2 Å². The number of nitrogens with zero attached hydrogens (tertiary/aromatic N) is 4. The molecule has 30 heavy (non-hydrogen) atoms. The Kier molecular flexibility index (Phi) is 5.77. The van der Waals surface area contributed by atoms with Crippen LogP contribution in [0, 0.1) is 10.1 Å². The van der Waals surface area contributed by atoms with Crippen molar-refractivity contribution < 1.29 is 14.4 Å². The Morgan fingerprint density at radius 2 is 2.10 bits per heavy atom. The summed E-state index contributed by atoms with van der Waals surface area (Å²) in [6.45, 7) is 4.16. The van der Waals surface area contributed by atoms with Gasteiger partial charge in [0.1, 0.15) is 0 Å². The smallest absolute Gasteiger partial charge is 0.282 e. The number of nitro groups is 1. The zero-order chi connectivity index (χ0) is 21.1. The van der Waals surface area contributed by atoms with Crippen molar-refractivity contribution in [1.29, 1.82) is 0 Å². The number of thiazole rings is 1. The van der Waals surface area contributed by atoms with Crippen molar-refractivity contribution in [2.75, 3.05) is 13.3 Å². The molecule has 3 aromatic rings. The molecule has 8 nitrogen and oxygen atoms in total. The Labute approximate surface area is 183 Å². The van der Waals surface area contributed by atoms with Gasteiger partial charge in [-0.25, -0.2) is 4.68 Å². The molecule has 1 aromatic heterocycles. The van der Waals surface area contributed by atoms with Crippen LogP contribution in [0.2, 0.25) is 0 Å². The van der Waals surface area contributed by atoms with Crippen LogP contribution < -0.4 is 14.3 Å². The van der Waals surface area contributed by atoms with E-state index in [2.05, 4.69) is 32.6 Å². The number of benzene rings is 2. The minimum atomic E-state index is -0.472. The Balaban J connectivity index is 1.83. The third kappa shape index (κ3) is 4.05. The molecule has 10 heteroatoms. The number of nitro benzene ring substituents is 1. The van der Waals surface area contributed by atoms with Crippen LogP contribution in [0.1, 0.15) is 5.56 Å². The number of ether oxygens (including phenoxy) is 2. The Morgan fingerprint density at radius 3 is 2.83 bits per heavy atom. The van der Waals surface area contributed by atoms with Crippen LogP contribution in [0.15, 0.2) is 69.0 Å². The van der Waals surface area contributed by atoms with Gasteiger partial charge in [-0.2, -0.15) is 5.10 Å². The standard InChI is InChI=1S/C20H15BrN4O4S/c1-2-6-22-20-24(17(11-30-20)13-4-3-5-15(21)7-13)23-10-14-8-18-19(29-12-28-18)9-16(14)25(26)27/h2-5,7-11H,1,6,12H2. The van der Waals surface area contributed by atoms with Crippen LogP contribution in [0.5, 0.6) is 11.5 Å². The maximum atomic E-state index is 11.5. The van der Waals surface area contributed by atoms with E-state index in [0.29, 0.717) is 28.4 Å². The SMILES string of the molecule is C=CCN=c1scc(-c2cccc(Br)c2)n1N=Cc1cc2c(cc1[N+](=O)[O-])OCO2. The molecule has 0 bridgehead atoms. The third-order valence-electron chi connectivity index (χ3n) is 4.19. The molecular weight excluding hydrogens is 472 g/mol. The predicted octanol–water partition coefficient (Wildman–Crippen LogP) is 4.58. The summed E-state index contributed by atoms with van der Waals surface area (Å²) in [5.74, 6) is 0.791. The molecule has 2 aromatic carbocycles. The lowest BCUT2D eigenvalue weighted by Gasteiger charge is -2.05. The lowest BCUT2D eigenvalue weighted by atomic mass is 10.1. The Morgan fingerprint density at radius 1 is 1.30 bits per heavy atom. The highest BCUT2D eigenvalue weighted by Gasteiger charge is 2.22. The maximum Gasteiger partial charge on any atom is 0.282 e. The quantitative estimate of drug-likeness (QED) is 0.220. The summed E-state index contributed by atoms with van der Waals surface area (Å²) in [5, 5.41) is 18.0. The number of rotatable bonds is 6. The average Bonchev–Trinajstić information content (AvgIpc) is 3.36. The highest BCUT2D eigenvalue weighted by molar-refractivity contribution is 9.10. The van der Waals surface area contributed by atoms with Gasteiger partial charge in [0, 0.05) is 15.4 Å². The minimum absolute atomic E-state index is 0.0317. The first-order valence-corrected chi connectivity index (χ1v) is 10.4. The molecule has 1 aliphatic rings. The van der Waals surface area contributed by atoms with Crippen molar-refractivity contribution in [2.24, 2.45) is 10.1 Å². The molecule has 0 radical (unpaired) electrons. The van der Waals surface area contributed by atoms with E-state index in [1.807, 2.05) is 29.6 Å². The van der Waals surface area contributed by atoms with E-state index in [1.54, 1.807) is 16.8 Å². The fourth-order valence-corrected chi connectivity index (χ4v) is 4.08. The van der Waals surface area contributed by atoms with Gasteiger partial charge in [0.15, 0.2) is 11.5 Å². The van der Waals surface area contributed by atoms with Crippen molar-refractivity contribution in [3.8, 4) is 22.8 Å². The normalized spacial score (nSPS) is 13.2. The summed E-state index contributed by atoms with van der Waals surface area (Å²) in [4.78, 5) is 16.2. The van der Waals surface area contributed by atoms with E-state index in [4.69, 9.17) is 9.47 Å². The second-order valence-corrected chi connectivity index (χ2v) is 7.87. The molecule has 0 atom stereocenters. The topological polar surface area (TPSA) is 91.2 Å². The highest BCUT2D eigenvalue weighted by Crippen LogP contribution is 2.37. The molecule has 152 valence electrons. The number of hydrogen-bond acceptors (Lipinski definition) is 7. The Bertz CT molecular complexity index is 1230. The average molecular weight is 487 g/mol. The van der Waals surface area contributed by atoms with E-state index in [0.717, 1.165) is 15.7 Å². The van der Waals surface area contributed by atoms with Gasteiger partial charge in [0.2, 0.25) is 11.6 Å². The molecule has 0 saturated carbocycles. The summed E-state index contributed by atoms with van der Waals surface area (Å²) in [6.07, 6.45) is 3.12. The summed E-state index contributed by atoms with van der Waals surface area (Å²) >= 11 is 4.90. The second kappa shape index (κ2) is 8.64. The van der Waals surface area contributed by atoms with Crippen molar-refractivity contribution in [2.45, 2.75) is 0 Å². The van der Waals surface area contributed by atoms with Crippen molar-refractivity contribution >= 4 is 39.2 Å². The summed E-state index contributed by atoms with van der Waals surface area (Å²) in [6, 6.07) is 10.7. The van der Waals surface area contributed by atoms with Crippen LogP contribution in [0.3, 0.4) is 0 Å². The molecule has 0 unspecified atom stereocenters. The molecule has 1 aliphatic heterocycles. The Hall–Kier alpha value is -3.24. The van der Waals surface area contributed by atoms with Gasteiger partial charge in [0.25, 0.3) is 5.69 Å². The number of fused-ring (bicyclic) bond motifs is 1. The first kappa shape index (κ1) is 20.0. The summed E-state index contributed by atoms with van der Waals surface area (Å²) in [5.41, 5.74) is 1.92. The first-order valence-electron chi connectivity index (χ1n) is 8.77. The zero-order valence-electron chi connectivity index (χ0n) is 15.5. The fourth-order valence-electron chi connectivity index (χ4n) is 2.84. The largest absolute Gasteiger partial charge is 0.454 e. The zero-order valence-corrected chi connectivity index (χ0v) is 17.9. The number of hydrogen-bond donors (Lipinski definition) is 0. The highest BCUT2D eigenvalue weighted by atomic mass is 79.9. The lowest BCUT2D eigenvalue weighted by molar-refractivity contribution is -0.385. The van der Waals surface area contributed by atoms with E-state index < -0.39 is 4.92 Å². The van der Waals surface area contributed by atoms with E-state index in [1.165, 1.54) is 23.6 Å². The van der Waals surface area contributed by atoms with Gasteiger partial charge in [-0.15, -0.1) is 17.9 Å². The van der Waals surface area contributed by atoms with E-state index in [9.17, 15) is 10.1 Å². The van der Waals surface area contributed by atoms with Crippen LogP contribution in [-0.4, -0.2) is 29.2 Å². The molecule has 0 fully saturated rings. The van der Waals surface area contributed by atoms with E-state index in [-0.39, 0.29) is 12.5 Å². The predicted molar refractivity (Wildman–Crippen MR) is 118 cm³/mol. The lowest BCUT2D eigenvalue weighted by Crippen LogP contribution is -2.12. The molecule has 0 aliphatic carbocycles.